The molecule has 1 aromatic heterocycles. The van der Waals surface area contributed by atoms with Crippen molar-refractivity contribution in [3.8, 4) is 0 Å². The molecule has 60 valence electrons. The SMILES string of the molecule is Cl.Cl.NCc1scnc1Br. The Hall–Kier alpha value is 0.650. The summed E-state index contributed by atoms with van der Waals surface area (Å²) in [5, 5.41) is 0. The van der Waals surface area contributed by atoms with Gasteiger partial charge in [0.25, 0.3) is 0 Å². The molecule has 0 spiro atoms. The fraction of sp³-hybridized carbons (Fsp3) is 0.250. The first-order chi connectivity index (χ1) is 3.84. The highest BCUT2D eigenvalue weighted by atomic mass is 79.9. The van der Waals surface area contributed by atoms with Crippen LogP contribution < -0.4 is 5.73 Å². The van der Waals surface area contributed by atoms with E-state index in [1.807, 2.05) is 0 Å². The maximum absolute atomic E-state index is 5.34. The lowest BCUT2D eigenvalue weighted by Gasteiger charge is -1.84. The van der Waals surface area contributed by atoms with Gasteiger partial charge in [-0.05, 0) is 15.9 Å². The van der Waals surface area contributed by atoms with Gasteiger partial charge in [-0.15, -0.1) is 36.2 Å². The van der Waals surface area contributed by atoms with Crippen LogP contribution in [0.4, 0.5) is 0 Å². The molecule has 2 N–H and O–H groups in total. The van der Waals surface area contributed by atoms with Gasteiger partial charge in [-0.1, -0.05) is 0 Å². The van der Waals surface area contributed by atoms with Gasteiger partial charge in [0.1, 0.15) is 4.60 Å². The van der Waals surface area contributed by atoms with E-state index in [1.165, 1.54) is 0 Å². The van der Waals surface area contributed by atoms with Crippen LogP contribution in [0, 0.1) is 0 Å². The van der Waals surface area contributed by atoms with Gasteiger partial charge < -0.3 is 5.73 Å². The van der Waals surface area contributed by atoms with Crippen LogP contribution in [-0.2, 0) is 6.54 Å². The highest BCUT2D eigenvalue weighted by Crippen LogP contribution is 2.17. The molecule has 6 heteroatoms. The standard InChI is InChI=1S/C4H5BrN2S.2ClH/c5-4-3(1-6)8-2-7-4;;/h2H,1,6H2;2*1H. The van der Waals surface area contributed by atoms with Gasteiger partial charge in [-0.2, -0.15) is 0 Å². The topological polar surface area (TPSA) is 38.9 Å². The molecule has 0 aromatic carbocycles. The smallest absolute Gasteiger partial charge is 0.121 e. The monoisotopic (exact) mass is 264 g/mol. The molecule has 0 unspecified atom stereocenters. The molecule has 0 fully saturated rings. The van der Waals surface area contributed by atoms with E-state index < -0.39 is 0 Å². The molecule has 1 heterocycles. The lowest BCUT2D eigenvalue weighted by atomic mass is 10.6. The van der Waals surface area contributed by atoms with Gasteiger partial charge >= 0.3 is 0 Å². The fourth-order valence-electron chi connectivity index (χ4n) is 0.389. The Balaban J connectivity index is 0. The highest BCUT2D eigenvalue weighted by molar-refractivity contribution is 9.10. The summed E-state index contributed by atoms with van der Waals surface area (Å²) in [6.07, 6.45) is 0. The van der Waals surface area contributed by atoms with Crippen LogP contribution >= 0.6 is 52.1 Å². The zero-order chi connectivity index (χ0) is 5.98. The predicted molar refractivity (Wildman–Crippen MR) is 52.2 cm³/mol. The van der Waals surface area contributed by atoms with E-state index in [2.05, 4.69) is 20.9 Å². The van der Waals surface area contributed by atoms with Crippen LogP contribution in [-0.4, -0.2) is 4.98 Å². The first-order valence-corrected chi connectivity index (χ1v) is 3.80. The van der Waals surface area contributed by atoms with Crippen LogP contribution in [0.2, 0.25) is 0 Å². The molecule has 0 aliphatic rings. The van der Waals surface area contributed by atoms with Crippen molar-refractivity contribution < 1.29 is 0 Å². The molecule has 1 aromatic rings. The predicted octanol–water partition coefficient (Wildman–Crippen LogP) is 2.21. The number of aromatic nitrogens is 1. The second kappa shape index (κ2) is 6.37. The molecule has 10 heavy (non-hydrogen) atoms. The molecule has 0 atom stereocenters. The molecule has 0 bridgehead atoms. The summed E-state index contributed by atoms with van der Waals surface area (Å²) in [6, 6.07) is 0. The van der Waals surface area contributed by atoms with Crippen molar-refractivity contribution in [2.24, 2.45) is 5.73 Å². The third-order valence-corrected chi connectivity index (χ3v) is 2.58. The summed E-state index contributed by atoms with van der Waals surface area (Å²) in [6.45, 7) is 0.575. The zero-order valence-corrected chi connectivity index (χ0v) is 8.95. The van der Waals surface area contributed by atoms with Crippen LogP contribution in [0.3, 0.4) is 0 Å². The average Bonchev–Trinajstić information content (AvgIpc) is 2.14. The Bertz CT molecular complexity index is 182. The van der Waals surface area contributed by atoms with Gasteiger partial charge in [0.05, 0.1) is 10.4 Å². The first kappa shape index (κ1) is 13.3. The molecule has 2 nitrogen and oxygen atoms in total. The van der Waals surface area contributed by atoms with E-state index in [4.69, 9.17) is 5.73 Å². The van der Waals surface area contributed by atoms with Crippen LogP contribution in [0.15, 0.2) is 10.1 Å². The number of hydrogen-bond acceptors (Lipinski definition) is 3. The summed E-state index contributed by atoms with van der Waals surface area (Å²) < 4.78 is 0.880. The summed E-state index contributed by atoms with van der Waals surface area (Å²) in [5.74, 6) is 0. The van der Waals surface area contributed by atoms with E-state index in [0.717, 1.165) is 9.48 Å². The quantitative estimate of drug-likeness (QED) is 0.846. The van der Waals surface area contributed by atoms with Gasteiger partial charge in [-0.3, -0.25) is 0 Å². The number of thiazole rings is 1. The number of hydrogen-bond donors (Lipinski definition) is 1. The van der Waals surface area contributed by atoms with Gasteiger partial charge in [0.15, 0.2) is 0 Å². The minimum Gasteiger partial charge on any atom is -0.326 e. The van der Waals surface area contributed by atoms with E-state index in [1.54, 1.807) is 16.8 Å². The molecular formula is C4H7BrCl2N2S. The largest absolute Gasteiger partial charge is 0.326 e. The minimum absolute atomic E-state index is 0. The lowest BCUT2D eigenvalue weighted by Crippen LogP contribution is -1.92. The zero-order valence-electron chi connectivity index (χ0n) is 4.91. The van der Waals surface area contributed by atoms with Crippen LogP contribution in [0.1, 0.15) is 4.88 Å². The number of nitrogens with zero attached hydrogens (tertiary/aromatic N) is 1. The van der Waals surface area contributed by atoms with Crippen molar-refractivity contribution in [2.75, 3.05) is 0 Å². The Labute approximate surface area is 84.2 Å². The Kier molecular flexibility index (Phi) is 8.44. The molecule has 0 saturated heterocycles. The highest BCUT2D eigenvalue weighted by Gasteiger charge is 1.96. The Morgan fingerprint density at radius 1 is 1.60 bits per heavy atom. The Morgan fingerprint density at radius 3 is 2.40 bits per heavy atom. The van der Waals surface area contributed by atoms with Gasteiger partial charge in [0, 0.05) is 6.54 Å². The third-order valence-electron chi connectivity index (χ3n) is 0.776. The van der Waals surface area contributed by atoms with E-state index in [9.17, 15) is 0 Å². The second-order valence-corrected chi connectivity index (χ2v) is 2.96. The van der Waals surface area contributed by atoms with Gasteiger partial charge in [0.2, 0.25) is 0 Å². The van der Waals surface area contributed by atoms with Crippen molar-refractivity contribution in [3.63, 3.8) is 0 Å². The molecular weight excluding hydrogens is 259 g/mol. The molecule has 0 aliphatic heterocycles. The van der Waals surface area contributed by atoms with E-state index in [0.29, 0.717) is 6.54 Å². The van der Waals surface area contributed by atoms with E-state index in [-0.39, 0.29) is 24.8 Å². The van der Waals surface area contributed by atoms with Gasteiger partial charge in [-0.25, -0.2) is 4.98 Å². The fourth-order valence-corrected chi connectivity index (χ4v) is 1.60. The summed E-state index contributed by atoms with van der Waals surface area (Å²) in [7, 11) is 0. The maximum atomic E-state index is 5.34. The minimum atomic E-state index is 0. The molecule has 0 radical (unpaired) electrons. The van der Waals surface area contributed by atoms with E-state index >= 15 is 0 Å². The third kappa shape index (κ3) is 3.16. The van der Waals surface area contributed by atoms with Crippen molar-refractivity contribution in [2.45, 2.75) is 6.54 Å². The summed E-state index contributed by atoms with van der Waals surface area (Å²) in [4.78, 5) is 5.04. The first-order valence-electron chi connectivity index (χ1n) is 2.12. The number of halogens is 3. The maximum Gasteiger partial charge on any atom is 0.121 e. The Morgan fingerprint density at radius 2 is 2.20 bits per heavy atom. The van der Waals surface area contributed by atoms with Crippen molar-refractivity contribution >= 4 is 52.1 Å². The molecule has 0 aliphatic carbocycles. The number of nitrogens with two attached hydrogens (primary N) is 1. The molecule has 0 amide bonds. The normalized spacial score (nSPS) is 7.80. The summed E-state index contributed by atoms with van der Waals surface area (Å²) >= 11 is 4.81. The summed E-state index contributed by atoms with van der Waals surface area (Å²) in [5.41, 5.74) is 7.11. The number of rotatable bonds is 1. The van der Waals surface area contributed by atoms with Crippen molar-refractivity contribution in [3.05, 3.63) is 15.0 Å². The van der Waals surface area contributed by atoms with Crippen molar-refractivity contribution in [1.29, 1.82) is 0 Å². The second-order valence-electron chi connectivity index (χ2n) is 1.27. The van der Waals surface area contributed by atoms with Crippen LogP contribution in [0.25, 0.3) is 0 Å². The molecule has 1 rings (SSSR count). The van der Waals surface area contributed by atoms with Crippen molar-refractivity contribution in [1.82, 2.24) is 4.98 Å². The molecule has 0 saturated carbocycles. The lowest BCUT2D eigenvalue weighted by molar-refractivity contribution is 1.08. The average molecular weight is 266 g/mol. The van der Waals surface area contributed by atoms with Crippen LogP contribution in [0.5, 0.6) is 0 Å².